The summed E-state index contributed by atoms with van der Waals surface area (Å²) in [6, 6.07) is 5.48. The summed E-state index contributed by atoms with van der Waals surface area (Å²) in [7, 11) is 0. The lowest BCUT2D eigenvalue weighted by Gasteiger charge is -2.17. The van der Waals surface area contributed by atoms with Crippen LogP contribution < -0.4 is 0 Å². The van der Waals surface area contributed by atoms with Gasteiger partial charge in [-0.2, -0.15) is 4.98 Å². The highest BCUT2D eigenvalue weighted by Crippen LogP contribution is 2.36. The normalized spacial score (nSPS) is 19.4. The van der Waals surface area contributed by atoms with Crippen LogP contribution in [-0.2, 0) is 5.67 Å². The second kappa shape index (κ2) is 6.49. The summed E-state index contributed by atoms with van der Waals surface area (Å²) in [5, 5.41) is 3.77. The monoisotopic (exact) mass is 371 g/mol. The largest absolute Gasteiger partial charge is 0.335 e. The van der Waals surface area contributed by atoms with Crippen LogP contribution in [0.5, 0.6) is 0 Å². The number of carbonyl (C=O) groups excluding carboxylic acids is 1. The molecule has 1 aliphatic rings. The molecule has 4 rings (SSSR count). The second-order valence-corrected chi connectivity index (χ2v) is 6.42. The fourth-order valence-electron chi connectivity index (χ4n) is 2.91. The summed E-state index contributed by atoms with van der Waals surface area (Å²) in [5.41, 5.74) is -0.593. The van der Waals surface area contributed by atoms with E-state index in [2.05, 4.69) is 20.1 Å². The van der Waals surface area contributed by atoms with E-state index in [4.69, 9.17) is 4.52 Å². The van der Waals surface area contributed by atoms with Crippen LogP contribution >= 0.6 is 0 Å². The minimum absolute atomic E-state index is 0.0308. The van der Waals surface area contributed by atoms with Crippen LogP contribution in [0.1, 0.15) is 28.5 Å². The zero-order chi connectivity index (χ0) is 19.0. The number of benzene rings is 1. The third-order valence-electron chi connectivity index (χ3n) is 4.42. The zero-order valence-electron chi connectivity index (χ0n) is 14.4. The van der Waals surface area contributed by atoms with Gasteiger partial charge in [0, 0.05) is 24.7 Å². The third-order valence-corrected chi connectivity index (χ3v) is 4.42. The number of carbonyl (C=O) groups is 1. The van der Waals surface area contributed by atoms with Crippen molar-refractivity contribution in [3.63, 3.8) is 0 Å². The number of hydrogen-bond donors (Lipinski definition) is 0. The summed E-state index contributed by atoms with van der Waals surface area (Å²) in [6.45, 7) is 1.74. The molecule has 7 nitrogen and oxygen atoms in total. The van der Waals surface area contributed by atoms with Gasteiger partial charge in [-0.3, -0.25) is 9.78 Å². The fourth-order valence-corrected chi connectivity index (χ4v) is 2.91. The van der Waals surface area contributed by atoms with E-state index in [1.807, 2.05) is 0 Å². The van der Waals surface area contributed by atoms with Gasteiger partial charge >= 0.3 is 0 Å². The van der Waals surface area contributed by atoms with Gasteiger partial charge < -0.3 is 9.42 Å². The molecule has 3 heterocycles. The first-order chi connectivity index (χ1) is 12.9. The van der Waals surface area contributed by atoms with Crippen molar-refractivity contribution in [3.8, 4) is 11.4 Å². The van der Waals surface area contributed by atoms with Crippen molar-refractivity contribution in [2.45, 2.75) is 19.0 Å². The lowest BCUT2D eigenvalue weighted by atomic mass is 10.1. The van der Waals surface area contributed by atoms with Crippen molar-refractivity contribution in [2.75, 3.05) is 13.1 Å². The molecular weight excluding hydrogens is 356 g/mol. The van der Waals surface area contributed by atoms with Crippen molar-refractivity contribution in [1.29, 1.82) is 0 Å². The van der Waals surface area contributed by atoms with Gasteiger partial charge in [-0.15, -0.1) is 0 Å². The van der Waals surface area contributed by atoms with E-state index in [0.717, 1.165) is 0 Å². The Bertz CT molecular complexity index is 974. The molecule has 1 unspecified atom stereocenters. The lowest BCUT2D eigenvalue weighted by Crippen LogP contribution is -2.33. The highest BCUT2D eigenvalue weighted by atomic mass is 19.1. The summed E-state index contributed by atoms with van der Waals surface area (Å²) in [5.74, 6) is -0.836. The van der Waals surface area contributed by atoms with Crippen molar-refractivity contribution >= 4 is 5.91 Å². The van der Waals surface area contributed by atoms with Gasteiger partial charge in [0.2, 0.25) is 11.5 Å². The molecule has 1 fully saturated rings. The first-order valence-electron chi connectivity index (χ1n) is 8.32. The molecule has 0 spiro atoms. The van der Waals surface area contributed by atoms with Gasteiger partial charge in [0.05, 0.1) is 18.4 Å². The first kappa shape index (κ1) is 17.2. The minimum atomic E-state index is -1.95. The van der Waals surface area contributed by atoms with E-state index in [0.29, 0.717) is 11.3 Å². The maximum Gasteiger partial charge on any atom is 0.274 e. The standard InChI is InChI=1S/C18H15F2N5O2/c1-11-8-22-14(9-21-11)16(26)25-7-6-18(20,10-25)17-23-15(24-27-17)12-2-4-13(19)5-3-12/h2-5,8-9H,6-7,10H2,1H3. The Morgan fingerprint density at radius 2 is 2.00 bits per heavy atom. The number of aryl methyl sites for hydroxylation is 1. The van der Waals surface area contributed by atoms with Gasteiger partial charge in [-0.1, -0.05) is 5.16 Å². The van der Waals surface area contributed by atoms with Crippen LogP contribution in [0.2, 0.25) is 0 Å². The maximum absolute atomic E-state index is 15.3. The van der Waals surface area contributed by atoms with Crippen LogP contribution in [0.3, 0.4) is 0 Å². The predicted molar refractivity (Wildman–Crippen MR) is 89.8 cm³/mol. The Kier molecular flexibility index (Phi) is 4.14. The molecule has 138 valence electrons. The van der Waals surface area contributed by atoms with Crippen molar-refractivity contribution in [1.82, 2.24) is 25.0 Å². The van der Waals surface area contributed by atoms with Crippen LogP contribution in [0.25, 0.3) is 11.4 Å². The molecule has 1 aromatic carbocycles. The van der Waals surface area contributed by atoms with Crippen LogP contribution in [0.15, 0.2) is 41.2 Å². The molecule has 1 atom stereocenters. The SMILES string of the molecule is Cc1cnc(C(=O)N2CCC(F)(c3nc(-c4ccc(F)cc4)no3)C2)cn1. The zero-order valence-corrected chi connectivity index (χ0v) is 14.4. The number of alkyl halides is 1. The van der Waals surface area contributed by atoms with E-state index < -0.39 is 17.4 Å². The van der Waals surface area contributed by atoms with Crippen LogP contribution in [-0.4, -0.2) is 44.0 Å². The number of rotatable bonds is 3. The molecule has 0 saturated carbocycles. The van der Waals surface area contributed by atoms with Gasteiger partial charge in [-0.25, -0.2) is 13.8 Å². The Morgan fingerprint density at radius 3 is 2.70 bits per heavy atom. The summed E-state index contributed by atoms with van der Waals surface area (Å²) >= 11 is 0. The van der Waals surface area contributed by atoms with E-state index in [9.17, 15) is 9.18 Å². The van der Waals surface area contributed by atoms with Gasteiger partial charge in [0.25, 0.3) is 11.8 Å². The van der Waals surface area contributed by atoms with Crippen molar-refractivity contribution in [2.24, 2.45) is 0 Å². The second-order valence-electron chi connectivity index (χ2n) is 6.42. The van der Waals surface area contributed by atoms with Gasteiger partial charge in [0.1, 0.15) is 11.5 Å². The van der Waals surface area contributed by atoms with Crippen LogP contribution in [0, 0.1) is 12.7 Å². The average molecular weight is 371 g/mol. The summed E-state index contributed by atoms with van der Waals surface area (Å²) < 4.78 is 33.5. The molecule has 1 aliphatic heterocycles. The Hall–Kier alpha value is -3.23. The summed E-state index contributed by atoms with van der Waals surface area (Å²) in [4.78, 5) is 26.0. The number of nitrogens with zero attached hydrogens (tertiary/aromatic N) is 5. The molecule has 0 bridgehead atoms. The number of amides is 1. The van der Waals surface area contributed by atoms with E-state index >= 15 is 4.39 Å². The molecule has 9 heteroatoms. The molecule has 3 aromatic rings. The highest BCUT2D eigenvalue weighted by Gasteiger charge is 2.46. The predicted octanol–water partition coefficient (Wildman–Crippen LogP) is 2.69. The van der Waals surface area contributed by atoms with E-state index in [1.54, 1.807) is 6.92 Å². The maximum atomic E-state index is 15.3. The summed E-state index contributed by atoms with van der Waals surface area (Å²) in [6.07, 6.45) is 2.89. The van der Waals surface area contributed by atoms with E-state index in [-0.39, 0.29) is 36.9 Å². The highest BCUT2D eigenvalue weighted by molar-refractivity contribution is 5.92. The van der Waals surface area contributed by atoms with Gasteiger partial charge in [0.15, 0.2) is 0 Å². The first-order valence-corrected chi connectivity index (χ1v) is 8.32. The van der Waals surface area contributed by atoms with E-state index in [1.165, 1.54) is 41.6 Å². The molecular formula is C18H15F2N5O2. The molecule has 0 aliphatic carbocycles. The molecule has 1 saturated heterocycles. The van der Waals surface area contributed by atoms with Crippen LogP contribution in [0.4, 0.5) is 8.78 Å². The number of hydrogen-bond acceptors (Lipinski definition) is 6. The molecule has 1 amide bonds. The smallest absolute Gasteiger partial charge is 0.274 e. The number of halogens is 2. The Labute approximate surface area is 153 Å². The minimum Gasteiger partial charge on any atom is -0.335 e. The molecule has 0 radical (unpaired) electrons. The lowest BCUT2D eigenvalue weighted by molar-refractivity contribution is 0.0711. The Balaban J connectivity index is 1.52. The Morgan fingerprint density at radius 1 is 1.22 bits per heavy atom. The van der Waals surface area contributed by atoms with Gasteiger partial charge in [-0.05, 0) is 31.2 Å². The molecule has 2 aromatic heterocycles. The number of likely N-dealkylation sites (tertiary alicyclic amines) is 1. The van der Waals surface area contributed by atoms with Crippen molar-refractivity contribution in [3.05, 3.63) is 59.8 Å². The average Bonchev–Trinajstić information content (AvgIpc) is 3.31. The quantitative estimate of drug-likeness (QED) is 0.704. The number of aromatic nitrogens is 4. The fraction of sp³-hybridized carbons (Fsp3) is 0.278. The topological polar surface area (TPSA) is 85.0 Å². The molecule has 0 N–H and O–H groups in total. The third kappa shape index (κ3) is 3.27. The van der Waals surface area contributed by atoms with Crippen molar-refractivity contribution < 1.29 is 18.1 Å². The molecule has 27 heavy (non-hydrogen) atoms.